The van der Waals surface area contributed by atoms with E-state index in [1.807, 2.05) is 31.3 Å². The van der Waals surface area contributed by atoms with E-state index >= 15 is 0 Å². The van der Waals surface area contributed by atoms with E-state index in [-0.39, 0.29) is 38.7 Å². The van der Waals surface area contributed by atoms with Crippen molar-refractivity contribution in [3.63, 3.8) is 0 Å². The number of carboxylic acids is 1. The van der Waals surface area contributed by atoms with Crippen molar-refractivity contribution in [2.45, 2.75) is 145 Å². The Morgan fingerprint density at radius 2 is 1.64 bits per heavy atom. The topological polar surface area (TPSA) is 82.7 Å². The molecule has 1 N–H and O–H groups in total. The number of hydrogen-bond acceptors (Lipinski definition) is 4. The van der Waals surface area contributed by atoms with Gasteiger partial charge in [-0.15, -0.1) is 0 Å². The maximum atomic E-state index is 14.2. The lowest BCUT2D eigenvalue weighted by molar-refractivity contribution is -0.229. The van der Waals surface area contributed by atoms with E-state index in [4.69, 9.17) is 21.1 Å². The van der Waals surface area contributed by atoms with E-state index in [0.29, 0.717) is 46.8 Å². The average molecular weight is 790 g/mol. The van der Waals surface area contributed by atoms with Crippen molar-refractivity contribution in [2.75, 3.05) is 7.11 Å². The molecule has 5 aliphatic carbocycles. The fourth-order valence-corrected chi connectivity index (χ4v) is 15.1. The molecule has 0 amide bonds. The molecule has 0 saturated heterocycles. The van der Waals surface area contributed by atoms with Gasteiger partial charge >= 0.3 is 5.97 Å². The lowest BCUT2D eigenvalue weighted by Crippen LogP contribution is -2.66. The molecule has 2 aromatic rings. The van der Waals surface area contributed by atoms with E-state index < -0.39 is 11.4 Å². The number of hydrogen-bond donors (Lipinski definition) is 1. The minimum atomic E-state index is -0.911. The zero-order chi connectivity index (χ0) is 41.1. The van der Waals surface area contributed by atoms with Crippen LogP contribution in [-0.2, 0) is 22.0 Å². The predicted octanol–water partition coefficient (Wildman–Crippen LogP) is 11.5. The number of benzene rings is 1. The SMILES string of the molecule is C=C(CC(C)(C)C(=O)O)O[C@H]1CC[C@@]2(C)[C@@H](CCC3(C)[C@@H]2CCC2C4=C(C(C)C)[C@@H](C)C[C@]4(c4c(Cl)c(=O)n(-c5ccc(OC)cc5)n4C)CC[C@]23C)C1(C)C. The Labute approximate surface area is 341 Å². The lowest BCUT2D eigenvalue weighted by Gasteiger charge is -2.72. The van der Waals surface area contributed by atoms with Crippen molar-refractivity contribution in [1.29, 1.82) is 0 Å². The van der Waals surface area contributed by atoms with Crippen LogP contribution < -0.4 is 10.3 Å². The predicted molar refractivity (Wildman–Crippen MR) is 225 cm³/mol. The number of aliphatic carboxylic acids is 1. The van der Waals surface area contributed by atoms with Crippen molar-refractivity contribution in [2.24, 2.45) is 63.7 Å². The molecule has 4 saturated carbocycles. The highest BCUT2D eigenvalue weighted by Gasteiger charge is 2.70. The van der Waals surface area contributed by atoms with Gasteiger partial charge in [-0.3, -0.25) is 14.3 Å². The standard InChI is InChI=1S/C48H69ClN2O5/c1-28(2)37-29(3)26-48(40-39(49)41(52)51(50(40)12)31-14-16-32(55-13)17-15-31)25-24-46(10)33(38(37)48)18-19-35-45(9)22-21-36(56-30(4)27-43(5,6)42(53)54)44(7,8)34(45)20-23-47(35,46)11/h14-17,28-29,33-36H,4,18-27H2,1-3,5-13H3,(H,53,54)/t29-,33?,34-,35+,36-,45-,46+,47?,48+/m0/s1. The minimum Gasteiger partial charge on any atom is -0.497 e. The summed E-state index contributed by atoms with van der Waals surface area (Å²) in [6.45, 7) is 27.7. The summed E-state index contributed by atoms with van der Waals surface area (Å²) >= 11 is 7.31. The molecule has 0 bridgehead atoms. The Morgan fingerprint density at radius 3 is 2.25 bits per heavy atom. The molecular formula is C48H69ClN2O5. The fourth-order valence-electron chi connectivity index (χ4n) is 14.7. The molecule has 1 aromatic carbocycles. The third-order valence-corrected chi connectivity index (χ3v) is 17.7. The van der Waals surface area contributed by atoms with Crippen LogP contribution >= 0.6 is 11.6 Å². The molecule has 1 aromatic heterocycles. The average Bonchev–Trinajstić information content (AvgIpc) is 3.54. The summed E-state index contributed by atoms with van der Waals surface area (Å²) in [5, 5.41) is 10.1. The van der Waals surface area contributed by atoms with Crippen LogP contribution in [0, 0.1) is 56.7 Å². The van der Waals surface area contributed by atoms with Gasteiger partial charge in [0, 0.05) is 24.3 Å². The van der Waals surface area contributed by atoms with E-state index in [0.717, 1.165) is 62.1 Å². The van der Waals surface area contributed by atoms with Crippen molar-refractivity contribution in [3.8, 4) is 11.4 Å². The van der Waals surface area contributed by atoms with Gasteiger partial charge in [0.25, 0.3) is 5.56 Å². The molecule has 0 radical (unpaired) electrons. The van der Waals surface area contributed by atoms with Crippen LogP contribution in [0.15, 0.2) is 52.5 Å². The summed E-state index contributed by atoms with van der Waals surface area (Å²) in [5.41, 5.74) is 4.01. The Balaban J connectivity index is 1.25. The van der Waals surface area contributed by atoms with Gasteiger partial charge in [0.15, 0.2) is 0 Å². The number of carboxylic acid groups (broad SMARTS) is 1. The van der Waals surface area contributed by atoms with Crippen molar-refractivity contribution >= 4 is 17.6 Å². The number of nitrogens with zero attached hydrogens (tertiary/aromatic N) is 2. The molecule has 308 valence electrons. The summed E-state index contributed by atoms with van der Waals surface area (Å²) in [6.07, 6.45) is 10.2. The fraction of sp³-hybridized carbons (Fsp3) is 0.708. The summed E-state index contributed by atoms with van der Waals surface area (Å²) in [5.74, 6) is 2.85. The zero-order valence-electron chi connectivity index (χ0n) is 36.4. The molecule has 0 aliphatic heterocycles. The van der Waals surface area contributed by atoms with Gasteiger partial charge in [-0.05, 0) is 142 Å². The lowest BCUT2D eigenvalue weighted by atomic mass is 9.33. The number of ether oxygens (including phenoxy) is 2. The number of aromatic nitrogens is 2. The van der Waals surface area contributed by atoms with E-state index in [1.54, 1.807) is 36.8 Å². The van der Waals surface area contributed by atoms with E-state index in [2.05, 4.69) is 66.7 Å². The van der Waals surface area contributed by atoms with Crippen LogP contribution in [0.3, 0.4) is 0 Å². The molecule has 5 aliphatic rings. The first-order valence-corrected chi connectivity index (χ1v) is 21.8. The number of rotatable bonds is 9. The minimum absolute atomic E-state index is 0.0181. The normalized spacial score (nSPS) is 36.4. The first-order chi connectivity index (χ1) is 26.0. The highest BCUT2D eigenvalue weighted by Crippen LogP contribution is 2.77. The van der Waals surface area contributed by atoms with Crippen LogP contribution in [0.5, 0.6) is 5.75 Å². The van der Waals surface area contributed by atoms with Gasteiger partial charge in [0.05, 0.1) is 29.7 Å². The van der Waals surface area contributed by atoms with Crippen LogP contribution in [-0.4, -0.2) is 33.7 Å². The molecule has 9 atom stereocenters. The summed E-state index contributed by atoms with van der Waals surface area (Å²) in [6, 6.07) is 7.70. The van der Waals surface area contributed by atoms with Gasteiger partial charge in [-0.1, -0.05) is 84.7 Å². The summed E-state index contributed by atoms with van der Waals surface area (Å²) in [4.78, 5) is 26.1. The monoisotopic (exact) mass is 788 g/mol. The molecule has 7 rings (SSSR count). The third kappa shape index (κ3) is 5.69. The third-order valence-electron chi connectivity index (χ3n) is 17.4. The van der Waals surface area contributed by atoms with Gasteiger partial charge < -0.3 is 14.6 Å². The van der Waals surface area contributed by atoms with Crippen LogP contribution in [0.2, 0.25) is 5.02 Å². The van der Waals surface area contributed by atoms with Gasteiger partial charge in [-0.2, -0.15) is 0 Å². The number of fused-ring (bicyclic) bond motifs is 7. The smallest absolute Gasteiger partial charge is 0.309 e. The number of carbonyl (C=O) groups is 1. The van der Waals surface area contributed by atoms with Crippen LogP contribution in [0.4, 0.5) is 0 Å². The molecule has 0 spiro atoms. The summed E-state index contributed by atoms with van der Waals surface area (Å²) < 4.78 is 15.9. The first-order valence-electron chi connectivity index (χ1n) is 21.5. The van der Waals surface area contributed by atoms with Gasteiger partial charge in [-0.25, -0.2) is 4.68 Å². The maximum absolute atomic E-state index is 14.2. The second-order valence-electron chi connectivity index (χ2n) is 21.2. The Bertz CT molecular complexity index is 2000. The van der Waals surface area contributed by atoms with Crippen molar-refractivity contribution in [1.82, 2.24) is 9.36 Å². The Hall–Kier alpha value is -2.93. The molecule has 2 unspecified atom stereocenters. The Morgan fingerprint density at radius 1 is 0.982 bits per heavy atom. The van der Waals surface area contributed by atoms with Crippen LogP contribution in [0.1, 0.15) is 139 Å². The zero-order valence-corrected chi connectivity index (χ0v) is 37.2. The van der Waals surface area contributed by atoms with Crippen molar-refractivity contribution < 1.29 is 19.4 Å². The molecule has 8 heteroatoms. The second-order valence-corrected chi connectivity index (χ2v) is 21.6. The maximum Gasteiger partial charge on any atom is 0.309 e. The molecule has 4 fully saturated rings. The second kappa shape index (κ2) is 13.6. The highest BCUT2D eigenvalue weighted by atomic mass is 35.5. The number of allylic oxidation sites excluding steroid dienone is 3. The van der Waals surface area contributed by atoms with Crippen molar-refractivity contribution in [3.05, 3.63) is 68.8 Å². The van der Waals surface area contributed by atoms with E-state index in [1.165, 1.54) is 12.8 Å². The number of halogens is 1. The van der Waals surface area contributed by atoms with Gasteiger partial charge in [0.2, 0.25) is 0 Å². The number of methoxy groups -OCH3 is 1. The largest absolute Gasteiger partial charge is 0.497 e. The quantitative estimate of drug-likeness (QED) is 0.202. The molecule has 56 heavy (non-hydrogen) atoms. The molecule has 1 heterocycles. The van der Waals surface area contributed by atoms with Crippen LogP contribution in [0.25, 0.3) is 5.69 Å². The van der Waals surface area contributed by atoms with E-state index in [9.17, 15) is 14.7 Å². The summed E-state index contributed by atoms with van der Waals surface area (Å²) in [7, 11) is 3.69. The highest BCUT2D eigenvalue weighted by molar-refractivity contribution is 6.31. The molecular weight excluding hydrogens is 720 g/mol. The molecule has 7 nitrogen and oxygen atoms in total. The Kier molecular flexibility index (Phi) is 9.99. The first kappa shape index (κ1) is 41.2. The van der Waals surface area contributed by atoms with Gasteiger partial charge in [0.1, 0.15) is 16.9 Å².